The van der Waals surface area contributed by atoms with Crippen LogP contribution in [0.4, 0.5) is 11.4 Å². The third kappa shape index (κ3) is 5.76. The van der Waals surface area contributed by atoms with Crippen LogP contribution < -0.4 is 10.6 Å². The number of nitrogens with zero attached hydrogens (tertiary/aromatic N) is 1. The molecule has 0 bridgehead atoms. The molecule has 0 atom stereocenters. The molecule has 0 aliphatic rings. The maximum absolute atomic E-state index is 12.1. The average Bonchev–Trinajstić information content (AvgIpc) is 3.15. The van der Waals surface area contributed by atoms with Crippen LogP contribution in [0.15, 0.2) is 69.8 Å². The Labute approximate surface area is 174 Å². The van der Waals surface area contributed by atoms with Gasteiger partial charge in [-0.15, -0.1) is 0 Å². The number of non-ortho nitro benzene ring substituents is 1. The van der Waals surface area contributed by atoms with E-state index in [1.165, 1.54) is 12.1 Å². The van der Waals surface area contributed by atoms with Gasteiger partial charge in [0.1, 0.15) is 0 Å². The Bertz CT molecular complexity index is 1030. The van der Waals surface area contributed by atoms with Crippen LogP contribution >= 0.6 is 15.9 Å². The number of carbonyl (C=O) groups is 2. The summed E-state index contributed by atoms with van der Waals surface area (Å²) in [6.07, 6.45) is 0.173. The predicted octanol–water partition coefficient (Wildman–Crippen LogP) is 4.06. The lowest BCUT2D eigenvalue weighted by Gasteiger charge is -2.07. The minimum absolute atomic E-state index is 0.00643. The summed E-state index contributed by atoms with van der Waals surface area (Å²) in [5.74, 6) is -0.364. The van der Waals surface area contributed by atoms with Crippen molar-refractivity contribution in [2.75, 3.05) is 5.32 Å². The second kappa shape index (κ2) is 9.16. The number of hydrogen-bond donors (Lipinski definition) is 2. The number of nitro groups is 1. The Morgan fingerprint density at radius 3 is 2.21 bits per heavy atom. The molecule has 0 radical (unpaired) electrons. The molecule has 8 nitrogen and oxygen atoms in total. The normalized spacial score (nSPS) is 10.4. The maximum atomic E-state index is 12.1. The fourth-order valence-corrected chi connectivity index (χ4v) is 2.83. The average molecular weight is 458 g/mol. The zero-order valence-corrected chi connectivity index (χ0v) is 16.6. The molecule has 0 aliphatic carbocycles. The van der Waals surface area contributed by atoms with Gasteiger partial charge in [-0.2, -0.15) is 0 Å². The Balaban J connectivity index is 1.49. The first kappa shape index (κ1) is 20.3. The van der Waals surface area contributed by atoms with Crippen LogP contribution in [-0.2, 0) is 17.8 Å². The molecule has 0 fully saturated rings. The van der Waals surface area contributed by atoms with Crippen molar-refractivity contribution in [3.8, 4) is 0 Å². The van der Waals surface area contributed by atoms with Crippen molar-refractivity contribution in [1.29, 1.82) is 0 Å². The molecule has 0 unspecified atom stereocenters. The first-order valence-corrected chi connectivity index (χ1v) is 9.35. The number of anilines is 1. The van der Waals surface area contributed by atoms with Crippen LogP contribution in [-0.4, -0.2) is 16.7 Å². The summed E-state index contributed by atoms with van der Waals surface area (Å²) >= 11 is 3.14. The van der Waals surface area contributed by atoms with E-state index in [1.807, 2.05) is 0 Å². The molecule has 0 spiro atoms. The SMILES string of the molecule is O=C(Cc1ccc(NC(=O)c2ccc(Br)o2)cc1)NCc1ccc([N+](=O)[O-])cc1. The molecule has 3 rings (SSSR count). The number of furan rings is 1. The summed E-state index contributed by atoms with van der Waals surface area (Å²) < 4.78 is 5.66. The molecule has 1 aromatic heterocycles. The summed E-state index contributed by atoms with van der Waals surface area (Å²) in [5.41, 5.74) is 2.14. The summed E-state index contributed by atoms with van der Waals surface area (Å²) in [7, 11) is 0. The zero-order chi connectivity index (χ0) is 20.8. The number of carbonyl (C=O) groups excluding carboxylic acids is 2. The highest BCUT2D eigenvalue weighted by atomic mass is 79.9. The van der Waals surface area contributed by atoms with Gasteiger partial charge in [0.2, 0.25) is 5.91 Å². The van der Waals surface area contributed by atoms with E-state index in [1.54, 1.807) is 48.5 Å². The Morgan fingerprint density at radius 1 is 0.966 bits per heavy atom. The van der Waals surface area contributed by atoms with Gasteiger partial charge in [-0.1, -0.05) is 24.3 Å². The van der Waals surface area contributed by atoms with Gasteiger partial charge < -0.3 is 15.1 Å². The Hall–Kier alpha value is -3.46. The van der Waals surface area contributed by atoms with E-state index < -0.39 is 4.92 Å². The van der Waals surface area contributed by atoms with Gasteiger partial charge in [0.25, 0.3) is 11.6 Å². The second-order valence-electron chi connectivity index (χ2n) is 6.13. The number of benzene rings is 2. The van der Waals surface area contributed by atoms with E-state index in [-0.39, 0.29) is 36.2 Å². The van der Waals surface area contributed by atoms with E-state index >= 15 is 0 Å². The highest BCUT2D eigenvalue weighted by Gasteiger charge is 2.11. The summed E-state index contributed by atoms with van der Waals surface area (Å²) in [6.45, 7) is 0.281. The molecule has 0 aliphatic heterocycles. The molecule has 0 saturated heterocycles. The lowest BCUT2D eigenvalue weighted by molar-refractivity contribution is -0.384. The predicted molar refractivity (Wildman–Crippen MR) is 109 cm³/mol. The largest absolute Gasteiger partial charge is 0.444 e. The third-order valence-electron chi connectivity index (χ3n) is 4.01. The lowest BCUT2D eigenvalue weighted by atomic mass is 10.1. The molecule has 1 heterocycles. The standard InChI is InChI=1S/C20H16BrN3O5/c21-18-10-9-17(29-18)20(26)23-15-5-1-13(2-6-15)11-19(25)22-12-14-3-7-16(8-4-14)24(27)28/h1-10H,11-12H2,(H,22,25)(H,23,26). The van der Waals surface area contributed by atoms with Crippen molar-refractivity contribution in [2.45, 2.75) is 13.0 Å². The van der Waals surface area contributed by atoms with Crippen LogP contribution in [0.3, 0.4) is 0 Å². The number of nitro benzene ring substituents is 1. The Kier molecular flexibility index (Phi) is 6.40. The minimum atomic E-state index is -0.470. The van der Waals surface area contributed by atoms with Crippen LogP contribution in [0.1, 0.15) is 21.7 Å². The van der Waals surface area contributed by atoms with Gasteiger partial charge in [-0.3, -0.25) is 19.7 Å². The van der Waals surface area contributed by atoms with Gasteiger partial charge >= 0.3 is 0 Å². The molecule has 29 heavy (non-hydrogen) atoms. The highest BCUT2D eigenvalue weighted by Crippen LogP contribution is 2.17. The minimum Gasteiger partial charge on any atom is -0.444 e. The lowest BCUT2D eigenvalue weighted by Crippen LogP contribution is -2.24. The molecular formula is C20H16BrN3O5. The van der Waals surface area contributed by atoms with Crippen LogP contribution in [0, 0.1) is 10.1 Å². The highest BCUT2D eigenvalue weighted by molar-refractivity contribution is 9.10. The first-order valence-electron chi connectivity index (χ1n) is 8.56. The van der Waals surface area contributed by atoms with E-state index in [9.17, 15) is 19.7 Å². The van der Waals surface area contributed by atoms with E-state index in [0.717, 1.165) is 11.1 Å². The van der Waals surface area contributed by atoms with E-state index in [4.69, 9.17) is 4.42 Å². The number of amides is 2. The summed E-state index contributed by atoms with van der Waals surface area (Å²) in [6, 6.07) is 16.1. The number of nitrogens with one attached hydrogen (secondary N) is 2. The first-order chi connectivity index (χ1) is 13.9. The Morgan fingerprint density at radius 2 is 1.62 bits per heavy atom. The number of hydrogen-bond acceptors (Lipinski definition) is 5. The third-order valence-corrected chi connectivity index (χ3v) is 4.44. The monoisotopic (exact) mass is 457 g/mol. The van der Waals surface area contributed by atoms with E-state index in [0.29, 0.717) is 10.4 Å². The van der Waals surface area contributed by atoms with Crippen molar-refractivity contribution in [1.82, 2.24) is 5.32 Å². The fraction of sp³-hybridized carbons (Fsp3) is 0.100. The van der Waals surface area contributed by atoms with Crippen molar-refractivity contribution in [2.24, 2.45) is 0 Å². The van der Waals surface area contributed by atoms with Crippen molar-refractivity contribution in [3.05, 3.63) is 92.3 Å². The molecule has 2 N–H and O–H groups in total. The van der Waals surface area contributed by atoms with Gasteiger partial charge in [0, 0.05) is 24.4 Å². The van der Waals surface area contributed by atoms with Crippen LogP contribution in [0.2, 0.25) is 0 Å². The van der Waals surface area contributed by atoms with Gasteiger partial charge in [-0.25, -0.2) is 0 Å². The molecule has 9 heteroatoms. The van der Waals surface area contributed by atoms with Crippen molar-refractivity contribution >= 4 is 39.1 Å². The van der Waals surface area contributed by atoms with E-state index in [2.05, 4.69) is 26.6 Å². The molecule has 3 aromatic rings. The maximum Gasteiger partial charge on any atom is 0.291 e. The van der Waals surface area contributed by atoms with Crippen molar-refractivity contribution in [3.63, 3.8) is 0 Å². The second-order valence-corrected chi connectivity index (χ2v) is 6.91. The summed E-state index contributed by atoms with van der Waals surface area (Å²) in [4.78, 5) is 34.3. The molecule has 148 valence electrons. The van der Waals surface area contributed by atoms with Gasteiger partial charge in [-0.05, 0) is 51.3 Å². The molecule has 0 saturated carbocycles. The zero-order valence-electron chi connectivity index (χ0n) is 15.1. The van der Waals surface area contributed by atoms with Crippen LogP contribution in [0.25, 0.3) is 0 Å². The molecule has 2 aromatic carbocycles. The summed E-state index contributed by atoms with van der Waals surface area (Å²) in [5, 5.41) is 16.1. The van der Waals surface area contributed by atoms with Gasteiger partial charge in [0.15, 0.2) is 10.4 Å². The van der Waals surface area contributed by atoms with Gasteiger partial charge in [0.05, 0.1) is 11.3 Å². The molecule has 2 amide bonds. The fourth-order valence-electron chi connectivity index (χ4n) is 2.52. The smallest absolute Gasteiger partial charge is 0.291 e. The van der Waals surface area contributed by atoms with Crippen LogP contribution in [0.5, 0.6) is 0 Å². The molecular weight excluding hydrogens is 442 g/mol. The topological polar surface area (TPSA) is 114 Å². The number of rotatable bonds is 7. The number of halogens is 1. The van der Waals surface area contributed by atoms with Crippen molar-refractivity contribution < 1.29 is 18.9 Å². The quantitative estimate of drug-likeness (QED) is 0.409.